The van der Waals surface area contributed by atoms with Crippen molar-refractivity contribution in [3.05, 3.63) is 77.9 Å². The summed E-state index contributed by atoms with van der Waals surface area (Å²) in [6, 6.07) is 21.3. The van der Waals surface area contributed by atoms with Gasteiger partial charge in [0.15, 0.2) is 0 Å². The average Bonchev–Trinajstić information content (AvgIpc) is 2.77. The van der Waals surface area contributed by atoms with Gasteiger partial charge in [0.25, 0.3) is 5.91 Å². The maximum Gasteiger partial charge on any atom is 0.252 e. The van der Waals surface area contributed by atoms with Gasteiger partial charge in [0, 0.05) is 30.9 Å². The van der Waals surface area contributed by atoms with Crippen LogP contribution in [-0.4, -0.2) is 43.9 Å². The number of nitrogens with one attached hydrogen (secondary N) is 1. The molecule has 0 saturated carbocycles. The minimum absolute atomic E-state index is 0.166. The van der Waals surface area contributed by atoms with Crippen LogP contribution in [0.25, 0.3) is 10.8 Å². The first-order chi connectivity index (χ1) is 13.7. The van der Waals surface area contributed by atoms with Crippen LogP contribution in [0.15, 0.2) is 66.7 Å². The molecule has 0 spiro atoms. The molecule has 2 N–H and O–H groups in total. The van der Waals surface area contributed by atoms with E-state index in [4.69, 9.17) is 4.74 Å². The Morgan fingerprint density at radius 3 is 2.50 bits per heavy atom. The zero-order valence-corrected chi connectivity index (χ0v) is 15.7. The molecule has 3 aromatic rings. The molecule has 1 saturated heterocycles. The standard InChI is InChI=1S/C23H24N2O3/c26-22(18-8-10-19(11-9-18)25-12-14-28-15-13-25)16-24-23(27)21-7-3-5-17-4-1-2-6-20(17)21/h1-11,22,26H,12-16H2,(H,24,27). The van der Waals surface area contributed by atoms with Crippen molar-refractivity contribution in [1.29, 1.82) is 0 Å². The number of carbonyl (C=O) groups is 1. The van der Waals surface area contributed by atoms with Gasteiger partial charge in [0.1, 0.15) is 0 Å². The third-order valence-electron chi connectivity index (χ3n) is 5.14. The van der Waals surface area contributed by atoms with Crippen molar-refractivity contribution in [1.82, 2.24) is 5.32 Å². The number of anilines is 1. The number of ether oxygens (including phenoxy) is 1. The summed E-state index contributed by atoms with van der Waals surface area (Å²) in [4.78, 5) is 14.9. The molecular weight excluding hydrogens is 352 g/mol. The molecule has 0 bridgehead atoms. The molecule has 4 rings (SSSR count). The van der Waals surface area contributed by atoms with Crippen LogP contribution in [0.1, 0.15) is 22.0 Å². The van der Waals surface area contributed by atoms with Gasteiger partial charge < -0.3 is 20.1 Å². The second kappa shape index (κ2) is 8.42. The van der Waals surface area contributed by atoms with E-state index in [0.29, 0.717) is 5.56 Å². The van der Waals surface area contributed by atoms with Crippen molar-refractivity contribution in [2.45, 2.75) is 6.10 Å². The van der Waals surface area contributed by atoms with Crippen LogP contribution in [0.2, 0.25) is 0 Å². The molecule has 1 fully saturated rings. The smallest absolute Gasteiger partial charge is 0.252 e. The van der Waals surface area contributed by atoms with Gasteiger partial charge in [0.05, 0.1) is 19.3 Å². The number of aliphatic hydroxyl groups excluding tert-OH is 1. The molecule has 5 heteroatoms. The number of hydrogen-bond acceptors (Lipinski definition) is 4. The molecule has 5 nitrogen and oxygen atoms in total. The first-order valence-corrected chi connectivity index (χ1v) is 9.59. The topological polar surface area (TPSA) is 61.8 Å². The third-order valence-corrected chi connectivity index (χ3v) is 5.14. The number of carbonyl (C=O) groups excluding carboxylic acids is 1. The Morgan fingerprint density at radius 1 is 1.00 bits per heavy atom. The maximum absolute atomic E-state index is 12.6. The van der Waals surface area contributed by atoms with Gasteiger partial charge in [-0.2, -0.15) is 0 Å². The fraction of sp³-hybridized carbons (Fsp3) is 0.261. The van der Waals surface area contributed by atoms with E-state index in [2.05, 4.69) is 10.2 Å². The number of aliphatic hydroxyl groups is 1. The number of rotatable bonds is 5. The van der Waals surface area contributed by atoms with E-state index in [1.165, 1.54) is 0 Å². The van der Waals surface area contributed by atoms with E-state index < -0.39 is 6.10 Å². The number of hydrogen-bond donors (Lipinski definition) is 2. The summed E-state index contributed by atoms with van der Waals surface area (Å²) >= 11 is 0. The lowest BCUT2D eigenvalue weighted by atomic mass is 10.0. The number of amides is 1. The Kier molecular flexibility index (Phi) is 5.55. The monoisotopic (exact) mass is 376 g/mol. The second-order valence-corrected chi connectivity index (χ2v) is 6.94. The minimum atomic E-state index is -0.752. The van der Waals surface area contributed by atoms with Crippen molar-refractivity contribution in [2.75, 3.05) is 37.7 Å². The van der Waals surface area contributed by atoms with E-state index >= 15 is 0 Å². The van der Waals surface area contributed by atoms with E-state index in [0.717, 1.165) is 48.3 Å². The SMILES string of the molecule is O=C(NCC(O)c1ccc(N2CCOCC2)cc1)c1cccc2ccccc12. The molecule has 0 aromatic heterocycles. The third kappa shape index (κ3) is 4.01. The lowest BCUT2D eigenvalue weighted by Gasteiger charge is -2.29. The van der Waals surface area contributed by atoms with Gasteiger partial charge in [-0.1, -0.05) is 48.5 Å². The van der Waals surface area contributed by atoms with Crippen LogP contribution in [0.4, 0.5) is 5.69 Å². The summed E-state index contributed by atoms with van der Waals surface area (Å²) in [5, 5.41) is 15.3. The zero-order chi connectivity index (χ0) is 19.3. The summed E-state index contributed by atoms with van der Waals surface area (Å²) in [5.41, 5.74) is 2.53. The predicted octanol–water partition coefficient (Wildman–Crippen LogP) is 3.14. The Hall–Kier alpha value is -2.89. The lowest BCUT2D eigenvalue weighted by molar-refractivity contribution is 0.0918. The largest absolute Gasteiger partial charge is 0.387 e. The number of benzene rings is 3. The van der Waals surface area contributed by atoms with Crippen molar-refractivity contribution in [3.63, 3.8) is 0 Å². The number of nitrogens with zero attached hydrogens (tertiary/aromatic N) is 1. The quantitative estimate of drug-likeness (QED) is 0.718. The minimum Gasteiger partial charge on any atom is -0.387 e. The Bertz CT molecular complexity index is 944. The predicted molar refractivity (Wildman–Crippen MR) is 111 cm³/mol. The lowest BCUT2D eigenvalue weighted by Crippen LogP contribution is -2.36. The summed E-state index contributed by atoms with van der Waals surface area (Å²) in [6.07, 6.45) is -0.752. The molecule has 1 aliphatic heterocycles. The van der Waals surface area contributed by atoms with Gasteiger partial charge >= 0.3 is 0 Å². The number of fused-ring (bicyclic) bond motifs is 1. The summed E-state index contributed by atoms with van der Waals surface area (Å²) < 4.78 is 5.38. The highest BCUT2D eigenvalue weighted by Crippen LogP contribution is 2.21. The highest BCUT2D eigenvalue weighted by molar-refractivity contribution is 6.07. The van der Waals surface area contributed by atoms with E-state index in [-0.39, 0.29) is 12.5 Å². The first kappa shape index (κ1) is 18.5. The average molecular weight is 376 g/mol. The molecule has 3 aromatic carbocycles. The molecule has 1 heterocycles. The van der Waals surface area contributed by atoms with Gasteiger partial charge in [0.2, 0.25) is 0 Å². The van der Waals surface area contributed by atoms with E-state index in [9.17, 15) is 9.90 Å². The zero-order valence-electron chi connectivity index (χ0n) is 15.7. The highest BCUT2D eigenvalue weighted by atomic mass is 16.5. The molecule has 28 heavy (non-hydrogen) atoms. The van der Waals surface area contributed by atoms with Gasteiger partial charge in [-0.3, -0.25) is 4.79 Å². The normalized spacial score (nSPS) is 15.4. The van der Waals surface area contributed by atoms with Crippen LogP contribution in [-0.2, 0) is 4.74 Å². The number of morpholine rings is 1. The van der Waals surface area contributed by atoms with Gasteiger partial charge in [-0.05, 0) is 34.5 Å². The molecular formula is C23H24N2O3. The van der Waals surface area contributed by atoms with Crippen molar-refractivity contribution in [2.24, 2.45) is 0 Å². The van der Waals surface area contributed by atoms with Crippen LogP contribution < -0.4 is 10.2 Å². The van der Waals surface area contributed by atoms with Gasteiger partial charge in [-0.25, -0.2) is 0 Å². The summed E-state index contributed by atoms with van der Waals surface area (Å²) in [5.74, 6) is -0.180. The van der Waals surface area contributed by atoms with Crippen LogP contribution in [0.5, 0.6) is 0 Å². The molecule has 0 radical (unpaired) electrons. The molecule has 1 unspecified atom stereocenters. The fourth-order valence-corrected chi connectivity index (χ4v) is 3.55. The molecule has 1 amide bonds. The van der Waals surface area contributed by atoms with Crippen LogP contribution in [0.3, 0.4) is 0 Å². The van der Waals surface area contributed by atoms with Crippen molar-refractivity contribution in [3.8, 4) is 0 Å². The molecule has 0 aliphatic carbocycles. The highest BCUT2D eigenvalue weighted by Gasteiger charge is 2.15. The molecule has 1 aliphatic rings. The summed E-state index contributed by atoms with van der Waals surface area (Å²) in [6.45, 7) is 3.40. The molecule has 144 valence electrons. The van der Waals surface area contributed by atoms with Crippen molar-refractivity contribution >= 4 is 22.4 Å². The Morgan fingerprint density at radius 2 is 1.71 bits per heavy atom. The van der Waals surface area contributed by atoms with E-state index in [1.54, 1.807) is 6.07 Å². The summed E-state index contributed by atoms with van der Waals surface area (Å²) in [7, 11) is 0. The fourth-order valence-electron chi connectivity index (χ4n) is 3.55. The second-order valence-electron chi connectivity index (χ2n) is 6.94. The molecule has 1 atom stereocenters. The Labute approximate surface area is 164 Å². The van der Waals surface area contributed by atoms with Crippen molar-refractivity contribution < 1.29 is 14.6 Å². The van der Waals surface area contributed by atoms with Crippen LogP contribution in [0, 0.1) is 0 Å². The Balaban J connectivity index is 1.39. The van der Waals surface area contributed by atoms with Gasteiger partial charge in [-0.15, -0.1) is 0 Å². The maximum atomic E-state index is 12.6. The van der Waals surface area contributed by atoms with E-state index in [1.807, 2.05) is 60.7 Å². The van der Waals surface area contributed by atoms with Crippen LogP contribution >= 0.6 is 0 Å². The first-order valence-electron chi connectivity index (χ1n) is 9.59.